The van der Waals surface area contributed by atoms with Gasteiger partial charge in [-0.2, -0.15) is 0 Å². The van der Waals surface area contributed by atoms with Crippen LogP contribution in [-0.2, 0) is 5.65 Å². The van der Waals surface area contributed by atoms with Crippen molar-refractivity contribution in [1.29, 1.82) is 0 Å². The molecule has 0 saturated carbocycles. The van der Waals surface area contributed by atoms with Gasteiger partial charge in [0.25, 0.3) is 0 Å². The first kappa shape index (κ1) is 49.1. The zero-order valence-electron chi connectivity index (χ0n) is 38.9. The van der Waals surface area contributed by atoms with Crippen molar-refractivity contribution < 1.29 is 5.65 Å². The standard InChI is InChI=1S/4C7H19Si2.2C3H6.4O.4Sn/c4*1-8(2,3)7-9(4,5)6;2*1-3-2;;;;;;;;/h4*7H,1-6H3;2*1-2H3;;;;;;;;. The first-order chi connectivity index (χ1) is 21.3. The van der Waals surface area contributed by atoms with Crippen LogP contribution < -0.4 is 0 Å². The summed E-state index contributed by atoms with van der Waals surface area (Å²) in [7, 11) is -14.1. The Morgan fingerprint density at radius 3 is 0.440 bits per heavy atom. The van der Waals surface area contributed by atoms with E-state index in [1.165, 1.54) is 0 Å². The molecule has 4 fully saturated rings. The third-order valence-corrected chi connectivity index (χ3v) is 236. The molecule has 0 aromatic heterocycles. The van der Waals surface area contributed by atoms with Gasteiger partial charge in [0, 0.05) is 0 Å². The Labute approximate surface area is 342 Å². The van der Waals surface area contributed by atoms with E-state index >= 15 is 0 Å². The molecule has 0 atom stereocenters. The summed E-state index contributed by atoms with van der Waals surface area (Å²) in [6, 6.07) is 0. The zero-order valence-corrected chi connectivity index (χ0v) is 58.4. The van der Waals surface area contributed by atoms with Gasteiger partial charge in [0.15, 0.2) is 0 Å². The van der Waals surface area contributed by atoms with Crippen LogP contribution in [0.15, 0.2) is 0 Å². The topological polar surface area (TPSA) is 36.9 Å². The monoisotopic (exact) mass is 1260 g/mol. The molecule has 0 aliphatic carbocycles. The number of rotatable bonds is 12. The van der Waals surface area contributed by atoms with Crippen molar-refractivity contribution >= 4 is 141 Å². The van der Waals surface area contributed by atoms with Crippen molar-refractivity contribution in [3.63, 3.8) is 0 Å². The number of hydrogen-bond acceptors (Lipinski definition) is 4. The van der Waals surface area contributed by atoms with Gasteiger partial charge in [-0.05, 0) is 0 Å². The summed E-state index contributed by atoms with van der Waals surface area (Å²) < 4.78 is 39.1. The van der Waals surface area contributed by atoms with Crippen LogP contribution in [0.1, 0.15) is 27.7 Å². The van der Waals surface area contributed by atoms with E-state index in [1.54, 1.807) is 0 Å². The van der Waals surface area contributed by atoms with Gasteiger partial charge in [-0.1, -0.05) is 0 Å². The predicted octanol–water partition coefficient (Wildman–Crippen LogP) is 13.0. The molecule has 4 heterocycles. The number of hydrogen-bond donors (Lipinski definition) is 0. The van der Waals surface area contributed by atoms with E-state index in [4.69, 9.17) is 5.65 Å². The van der Waals surface area contributed by atoms with Gasteiger partial charge in [0.05, 0.1) is 0 Å². The molecule has 0 radical (unpaired) electrons. The van der Waals surface area contributed by atoms with Gasteiger partial charge in [0.1, 0.15) is 0 Å². The van der Waals surface area contributed by atoms with Crippen LogP contribution >= 0.6 is 0 Å². The van der Waals surface area contributed by atoms with E-state index in [2.05, 4.69) is 185 Å². The second-order valence-electron chi connectivity index (χ2n) is 27.0. The fourth-order valence-corrected chi connectivity index (χ4v) is 450. The summed E-state index contributed by atoms with van der Waals surface area (Å²) in [5.74, 6) is 0. The Morgan fingerprint density at radius 2 is 0.360 bits per heavy atom. The Balaban J connectivity index is 2.95. The van der Waals surface area contributed by atoms with Crippen LogP contribution in [0.25, 0.3) is 0 Å². The molecular formula is C34H88O4Si8Sn4. The van der Waals surface area contributed by atoms with Crippen LogP contribution in [0.4, 0.5) is 0 Å². The van der Waals surface area contributed by atoms with Crippen molar-refractivity contribution in [3.05, 3.63) is 0 Å². The quantitative estimate of drug-likeness (QED) is 0.183. The third kappa shape index (κ3) is 7.56. The molecule has 4 nitrogen and oxygen atoms in total. The molecule has 0 aromatic carbocycles. The molecule has 0 unspecified atom stereocenters. The average Bonchev–Trinajstić information content (AvgIpc) is 2.66. The average molecular weight is 1260 g/mol. The molecule has 50 heavy (non-hydrogen) atoms. The fourth-order valence-electron chi connectivity index (χ4n) is 14.2. The SMILES string of the molecule is C[C]1(C)[Sn]2([CH]([Si](C)(C)C)[Si](C)(C)C)[O][Sn]3([CH]([Si](C)(C)C)[Si](C)(C)C)[O][Sn]1([CH]([Si](C)(C)C)[Si](C)(C)C)[O][Sn]([CH]([Si](C)(C)C)[Si](C)(C)C)([O]2)[C]3(C)C. The van der Waals surface area contributed by atoms with Crippen LogP contribution in [0.5, 0.6) is 0 Å². The molecular weight excluding hydrogens is 1170 g/mol. The summed E-state index contributed by atoms with van der Waals surface area (Å²) >= 11 is -16.8. The van der Waals surface area contributed by atoms with Gasteiger partial charge in [-0.15, -0.1) is 0 Å². The van der Waals surface area contributed by atoms with Gasteiger partial charge < -0.3 is 0 Å². The van der Waals surface area contributed by atoms with Crippen LogP contribution in [0.2, 0.25) is 173 Å². The summed E-state index contributed by atoms with van der Waals surface area (Å²) in [6.07, 6.45) is 0. The fraction of sp³-hybridized carbons (Fsp3) is 1.00. The molecule has 0 aromatic rings. The second-order valence-corrected chi connectivity index (χ2v) is 147. The predicted molar refractivity (Wildman–Crippen MR) is 257 cm³/mol. The van der Waals surface area contributed by atoms with E-state index in [-0.39, 0.29) is 2.89 Å². The van der Waals surface area contributed by atoms with Crippen molar-refractivity contribution in [3.8, 4) is 0 Å². The molecule has 4 aliphatic rings. The molecule has 0 N–H and O–H groups in total. The third-order valence-electron chi connectivity index (χ3n) is 13.1. The minimum absolute atomic E-state index is 0.00991. The van der Waals surface area contributed by atoms with Crippen LogP contribution in [-0.4, -0.2) is 141 Å². The molecule has 0 spiro atoms. The van der Waals surface area contributed by atoms with E-state index in [0.29, 0.717) is 12.7 Å². The van der Waals surface area contributed by atoms with Gasteiger partial charge >= 0.3 is 347 Å². The summed E-state index contributed by atoms with van der Waals surface area (Å²) in [5.41, 5.74) is 0. The van der Waals surface area contributed by atoms with E-state index in [1.807, 2.05) is 0 Å². The first-order valence-electron chi connectivity index (χ1n) is 20.1. The summed E-state index contributed by atoms with van der Waals surface area (Å²) in [6.45, 7) is 76.8. The second kappa shape index (κ2) is 13.6. The maximum absolute atomic E-state index is 9.06. The van der Waals surface area contributed by atoms with Crippen molar-refractivity contribution in [2.24, 2.45) is 0 Å². The van der Waals surface area contributed by atoms with Crippen molar-refractivity contribution in [2.75, 3.05) is 0 Å². The van der Waals surface area contributed by atoms with Crippen LogP contribution in [0.3, 0.4) is 0 Å². The zero-order chi connectivity index (χ0) is 40.1. The minimum atomic E-state index is -4.19. The van der Waals surface area contributed by atoms with E-state index in [0.717, 1.165) is 0 Å². The molecule has 4 bridgehead atoms. The summed E-state index contributed by atoms with van der Waals surface area (Å²) in [5, 5.41) is 0. The molecule has 4 rings (SSSR count). The van der Waals surface area contributed by atoms with Gasteiger partial charge in [-0.3, -0.25) is 0 Å². The molecule has 4 aliphatic heterocycles. The van der Waals surface area contributed by atoms with Gasteiger partial charge in [0.2, 0.25) is 0 Å². The normalized spacial score (nSPS) is 32.6. The van der Waals surface area contributed by atoms with E-state index < -0.39 is 141 Å². The van der Waals surface area contributed by atoms with Crippen LogP contribution in [0, 0.1) is 0 Å². The van der Waals surface area contributed by atoms with Gasteiger partial charge in [-0.25, -0.2) is 0 Å². The summed E-state index contributed by atoms with van der Waals surface area (Å²) in [4.78, 5) is 0. The Kier molecular flexibility index (Phi) is 13.4. The molecule has 0 amide bonds. The van der Waals surface area contributed by atoms with Crippen molar-refractivity contribution in [1.82, 2.24) is 0 Å². The molecule has 16 heteroatoms. The maximum atomic E-state index is 9.06. The molecule has 4 saturated heterocycles. The van der Waals surface area contributed by atoms with Crippen molar-refractivity contribution in [2.45, 2.75) is 200 Å². The Morgan fingerprint density at radius 1 is 0.260 bits per heavy atom. The van der Waals surface area contributed by atoms with E-state index in [9.17, 15) is 0 Å². The first-order valence-corrected chi connectivity index (χ1v) is 70.3. The Hall–Kier alpha value is 4.77. The Bertz CT molecular complexity index is 1050. The molecule has 296 valence electrons.